The molecule has 140 valence electrons. The van der Waals surface area contributed by atoms with Crippen molar-refractivity contribution in [1.29, 1.82) is 0 Å². The van der Waals surface area contributed by atoms with Crippen LogP contribution >= 0.6 is 11.8 Å². The zero-order valence-electron chi connectivity index (χ0n) is 15.7. The van der Waals surface area contributed by atoms with Crippen molar-refractivity contribution in [2.24, 2.45) is 0 Å². The minimum atomic E-state index is 0.0782. The quantitative estimate of drug-likeness (QED) is 0.358. The Balaban J connectivity index is 1.43. The van der Waals surface area contributed by atoms with Gasteiger partial charge < -0.3 is 4.74 Å². The zero-order chi connectivity index (χ0) is 19.6. The molecule has 0 fully saturated rings. The van der Waals surface area contributed by atoms with Gasteiger partial charge in [-0.25, -0.2) is 0 Å². The average Bonchev–Trinajstić information content (AvgIpc) is 3.08. The Labute approximate surface area is 173 Å². The van der Waals surface area contributed by atoms with Crippen molar-refractivity contribution < 1.29 is 9.53 Å². The lowest BCUT2D eigenvalue weighted by Gasteiger charge is -2.11. The molecule has 1 heterocycles. The van der Waals surface area contributed by atoms with Gasteiger partial charge in [0.25, 0.3) is 0 Å². The molecule has 2 nitrogen and oxygen atoms in total. The van der Waals surface area contributed by atoms with Gasteiger partial charge in [0.2, 0.25) is 5.78 Å². The Hall–Kier alpha value is -3.30. The van der Waals surface area contributed by atoms with E-state index in [1.54, 1.807) is 0 Å². The molecule has 4 aromatic carbocycles. The minimum absolute atomic E-state index is 0.0782. The van der Waals surface area contributed by atoms with Gasteiger partial charge in [0.15, 0.2) is 0 Å². The van der Waals surface area contributed by atoms with E-state index >= 15 is 0 Å². The van der Waals surface area contributed by atoms with Crippen molar-refractivity contribution in [2.75, 3.05) is 0 Å². The Morgan fingerprint density at radius 3 is 2.48 bits per heavy atom. The SMILES string of the molecule is O=C1/C(=C\c2ccccc2OCc2cccc3ccccc23)Sc2ccccc21. The van der Waals surface area contributed by atoms with Crippen molar-refractivity contribution in [3.8, 4) is 5.75 Å². The van der Waals surface area contributed by atoms with Gasteiger partial charge in [0.1, 0.15) is 12.4 Å². The second-order valence-corrected chi connectivity index (χ2v) is 7.98. The summed E-state index contributed by atoms with van der Waals surface area (Å²) >= 11 is 1.52. The van der Waals surface area contributed by atoms with E-state index in [9.17, 15) is 4.79 Å². The fourth-order valence-electron chi connectivity index (χ4n) is 3.58. The van der Waals surface area contributed by atoms with Crippen LogP contribution in [0.2, 0.25) is 0 Å². The van der Waals surface area contributed by atoms with Crippen LogP contribution in [0.4, 0.5) is 0 Å². The van der Waals surface area contributed by atoms with E-state index in [1.165, 1.54) is 22.5 Å². The van der Waals surface area contributed by atoms with Crippen molar-refractivity contribution in [1.82, 2.24) is 0 Å². The standard InChI is InChI=1S/C26H18O2S/c27-26-22-13-4-6-15-24(22)29-25(26)16-19-9-2-5-14-23(19)28-17-20-11-7-10-18-8-1-3-12-21(18)20/h1-16H,17H2/b25-16+. The molecular formula is C26H18O2S. The Bertz CT molecular complexity index is 1250. The molecule has 0 atom stereocenters. The molecule has 1 aliphatic heterocycles. The van der Waals surface area contributed by atoms with E-state index in [2.05, 4.69) is 30.3 Å². The second kappa shape index (κ2) is 7.61. The first kappa shape index (κ1) is 17.8. The van der Waals surface area contributed by atoms with Gasteiger partial charge in [-0.2, -0.15) is 0 Å². The Morgan fingerprint density at radius 2 is 1.55 bits per heavy atom. The highest BCUT2D eigenvalue weighted by Gasteiger charge is 2.25. The van der Waals surface area contributed by atoms with Crippen LogP contribution < -0.4 is 4.74 Å². The molecule has 0 N–H and O–H groups in total. The number of benzene rings is 4. The highest BCUT2D eigenvalue weighted by Crippen LogP contribution is 2.41. The third kappa shape index (κ3) is 3.45. The molecule has 1 aliphatic rings. The lowest BCUT2D eigenvalue weighted by Crippen LogP contribution is -1.98. The van der Waals surface area contributed by atoms with Crippen LogP contribution in [0.5, 0.6) is 5.75 Å². The zero-order valence-corrected chi connectivity index (χ0v) is 16.5. The van der Waals surface area contributed by atoms with Gasteiger partial charge in [0, 0.05) is 16.0 Å². The highest BCUT2D eigenvalue weighted by molar-refractivity contribution is 8.04. The molecule has 0 saturated heterocycles. The summed E-state index contributed by atoms with van der Waals surface area (Å²) in [5.74, 6) is 0.853. The molecule has 0 aromatic heterocycles. The van der Waals surface area contributed by atoms with E-state index in [4.69, 9.17) is 4.74 Å². The maximum atomic E-state index is 12.7. The van der Waals surface area contributed by atoms with Gasteiger partial charge >= 0.3 is 0 Å². The largest absolute Gasteiger partial charge is 0.488 e. The van der Waals surface area contributed by atoms with Crippen molar-refractivity contribution in [3.63, 3.8) is 0 Å². The van der Waals surface area contributed by atoms with Crippen LogP contribution in [0, 0.1) is 0 Å². The minimum Gasteiger partial charge on any atom is -0.488 e. The molecule has 0 aliphatic carbocycles. The summed E-state index contributed by atoms with van der Waals surface area (Å²) < 4.78 is 6.19. The summed E-state index contributed by atoms with van der Waals surface area (Å²) in [5, 5.41) is 2.40. The van der Waals surface area contributed by atoms with Crippen molar-refractivity contribution in [3.05, 3.63) is 113 Å². The fraction of sp³-hybridized carbons (Fsp3) is 0.0385. The maximum absolute atomic E-state index is 12.7. The first-order valence-corrected chi connectivity index (χ1v) is 10.3. The normalized spacial score (nSPS) is 14.3. The molecular weight excluding hydrogens is 376 g/mol. The molecule has 0 spiro atoms. The van der Waals surface area contributed by atoms with Crippen LogP contribution in [-0.2, 0) is 6.61 Å². The molecule has 0 saturated carbocycles. The number of hydrogen-bond acceptors (Lipinski definition) is 3. The monoisotopic (exact) mass is 394 g/mol. The predicted molar refractivity (Wildman–Crippen MR) is 119 cm³/mol. The number of thioether (sulfide) groups is 1. The summed E-state index contributed by atoms with van der Waals surface area (Å²) in [5.41, 5.74) is 2.83. The lowest BCUT2D eigenvalue weighted by atomic mass is 10.1. The molecule has 5 rings (SSSR count). The number of Topliss-reactive ketones (excluding diaryl/α,β-unsaturated/α-hetero) is 1. The number of carbonyl (C=O) groups is 1. The number of ketones is 1. The van der Waals surface area contributed by atoms with Crippen LogP contribution in [0.1, 0.15) is 21.5 Å². The molecule has 29 heavy (non-hydrogen) atoms. The van der Waals surface area contributed by atoms with Crippen LogP contribution in [0.3, 0.4) is 0 Å². The van der Waals surface area contributed by atoms with Crippen molar-refractivity contribution in [2.45, 2.75) is 11.5 Å². The predicted octanol–water partition coefficient (Wildman–Crippen LogP) is 6.75. The summed E-state index contributed by atoms with van der Waals surface area (Å²) in [6.07, 6.45) is 1.94. The molecule has 0 amide bonds. The summed E-state index contributed by atoms with van der Waals surface area (Å²) in [6, 6.07) is 30.2. The average molecular weight is 394 g/mol. The first-order chi connectivity index (χ1) is 14.3. The molecule has 0 unspecified atom stereocenters. The summed E-state index contributed by atoms with van der Waals surface area (Å²) in [6.45, 7) is 0.475. The fourth-order valence-corrected chi connectivity index (χ4v) is 4.62. The van der Waals surface area contributed by atoms with E-state index in [0.29, 0.717) is 6.61 Å². The van der Waals surface area contributed by atoms with Crippen LogP contribution in [0.25, 0.3) is 16.8 Å². The number of carbonyl (C=O) groups excluding carboxylic acids is 1. The van der Waals surface area contributed by atoms with Gasteiger partial charge in [-0.15, -0.1) is 0 Å². The van der Waals surface area contributed by atoms with Gasteiger partial charge in [-0.1, -0.05) is 84.6 Å². The topological polar surface area (TPSA) is 26.3 Å². The molecule has 0 radical (unpaired) electrons. The van der Waals surface area contributed by atoms with Gasteiger partial charge in [-0.3, -0.25) is 4.79 Å². The maximum Gasteiger partial charge on any atom is 0.200 e. The second-order valence-electron chi connectivity index (χ2n) is 6.90. The third-order valence-electron chi connectivity index (χ3n) is 5.04. The van der Waals surface area contributed by atoms with Gasteiger partial charge in [-0.05, 0) is 40.6 Å². The third-order valence-corrected chi connectivity index (χ3v) is 6.14. The summed E-state index contributed by atoms with van der Waals surface area (Å²) in [4.78, 5) is 14.4. The summed E-state index contributed by atoms with van der Waals surface area (Å²) in [7, 11) is 0. The van der Waals surface area contributed by atoms with Crippen molar-refractivity contribution >= 4 is 34.4 Å². The number of allylic oxidation sites excluding steroid dienone is 1. The van der Waals surface area contributed by atoms with E-state index in [1.807, 2.05) is 66.7 Å². The van der Waals surface area contributed by atoms with Crippen LogP contribution in [-0.4, -0.2) is 5.78 Å². The van der Waals surface area contributed by atoms with E-state index in [-0.39, 0.29) is 5.78 Å². The Morgan fingerprint density at radius 1 is 0.793 bits per heavy atom. The smallest absolute Gasteiger partial charge is 0.200 e. The highest BCUT2D eigenvalue weighted by atomic mass is 32.2. The molecule has 0 bridgehead atoms. The Kier molecular flexibility index (Phi) is 4.66. The number of hydrogen-bond donors (Lipinski definition) is 0. The molecule has 4 aromatic rings. The van der Waals surface area contributed by atoms with Gasteiger partial charge in [0.05, 0.1) is 4.91 Å². The number of para-hydroxylation sites is 1. The number of rotatable bonds is 4. The lowest BCUT2D eigenvalue weighted by molar-refractivity contribution is 0.104. The first-order valence-electron chi connectivity index (χ1n) is 9.51. The van der Waals surface area contributed by atoms with Crippen LogP contribution in [0.15, 0.2) is 101 Å². The number of fused-ring (bicyclic) bond motifs is 2. The number of ether oxygens (including phenoxy) is 1. The van der Waals surface area contributed by atoms with E-state index < -0.39 is 0 Å². The van der Waals surface area contributed by atoms with E-state index in [0.717, 1.165) is 32.2 Å². The molecule has 3 heteroatoms.